The van der Waals surface area contributed by atoms with Crippen LogP contribution in [0.15, 0.2) is 11.6 Å². The molecule has 0 aliphatic heterocycles. The van der Waals surface area contributed by atoms with Crippen LogP contribution in [0.4, 0.5) is 0 Å². The van der Waals surface area contributed by atoms with Crippen LogP contribution < -0.4 is 0 Å². The predicted octanol–water partition coefficient (Wildman–Crippen LogP) is 6.12. The third-order valence-corrected chi connectivity index (χ3v) is 4.10. The first-order valence-electron chi connectivity index (χ1n) is 7.92. The first-order chi connectivity index (χ1) is 8.22. The molecule has 1 aliphatic carbocycles. The highest BCUT2D eigenvalue weighted by atomic mass is 14.2. The van der Waals surface area contributed by atoms with E-state index in [1.165, 1.54) is 64.2 Å². The molecule has 0 nitrogen and oxygen atoms in total. The summed E-state index contributed by atoms with van der Waals surface area (Å²) < 4.78 is 0. The molecule has 1 saturated carbocycles. The van der Waals surface area contributed by atoms with Crippen LogP contribution in [0.25, 0.3) is 0 Å². The average molecular weight is 236 g/mol. The maximum atomic E-state index is 2.62. The first kappa shape index (κ1) is 14.8. The fourth-order valence-electron chi connectivity index (χ4n) is 2.92. The van der Waals surface area contributed by atoms with Crippen molar-refractivity contribution in [2.24, 2.45) is 11.8 Å². The molecule has 0 unspecified atom stereocenters. The van der Waals surface area contributed by atoms with Gasteiger partial charge in [0.25, 0.3) is 0 Å². The van der Waals surface area contributed by atoms with Crippen LogP contribution in [-0.2, 0) is 0 Å². The lowest BCUT2D eigenvalue weighted by molar-refractivity contribution is 0.525. The van der Waals surface area contributed by atoms with E-state index >= 15 is 0 Å². The Hall–Kier alpha value is -0.260. The van der Waals surface area contributed by atoms with E-state index in [1.54, 1.807) is 5.57 Å². The monoisotopic (exact) mass is 236 g/mol. The van der Waals surface area contributed by atoms with Gasteiger partial charge < -0.3 is 0 Å². The van der Waals surface area contributed by atoms with Crippen molar-refractivity contribution in [2.45, 2.75) is 85.0 Å². The average Bonchev–Trinajstić information content (AvgIpc) is 2.79. The van der Waals surface area contributed by atoms with Crippen LogP contribution in [0.3, 0.4) is 0 Å². The van der Waals surface area contributed by atoms with E-state index in [-0.39, 0.29) is 0 Å². The molecule has 0 atom stereocenters. The molecule has 0 aromatic heterocycles. The molecule has 0 bridgehead atoms. The third kappa shape index (κ3) is 6.91. The molecule has 0 radical (unpaired) electrons. The highest BCUT2D eigenvalue weighted by molar-refractivity contribution is 5.04. The van der Waals surface area contributed by atoms with Gasteiger partial charge in [0.2, 0.25) is 0 Å². The van der Waals surface area contributed by atoms with Gasteiger partial charge in [-0.15, -0.1) is 0 Å². The smallest absolute Gasteiger partial charge is 0.0231 e. The minimum Gasteiger partial charge on any atom is -0.0822 e. The van der Waals surface area contributed by atoms with E-state index in [0.29, 0.717) is 0 Å². The zero-order valence-corrected chi connectivity index (χ0v) is 12.3. The highest BCUT2D eigenvalue weighted by Gasteiger charge is 2.12. The van der Waals surface area contributed by atoms with Crippen LogP contribution in [0.2, 0.25) is 0 Å². The lowest BCUT2D eigenvalue weighted by atomic mass is 9.97. The van der Waals surface area contributed by atoms with Crippen LogP contribution in [0, 0.1) is 11.8 Å². The van der Waals surface area contributed by atoms with Gasteiger partial charge in [-0.05, 0) is 43.9 Å². The van der Waals surface area contributed by atoms with Crippen molar-refractivity contribution in [3.8, 4) is 0 Å². The van der Waals surface area contributed by atoms with Gasteiger partial charge in [0.05, 0.1) is 0 Å². The van der Waals surface area contributed by atoms with Crippen LogP contribution >= 0.6 is 0 Å². The lowest BCUT2D eigenvalue weighted by Gasteiger charge is -2.09. The predicted molar refractivity (Wildman–Crippen MR) is 78.3 cm³/mol. The Labute approximate surface area is 109 Å². The minimum absolute atomic E-state index is 0.884. The highest BCUT2D eigenvalue weighted by Crippen LogP contribution is 2.28. The Balaban J connectivity index is 2.13. The van der Waals surface area contributed by atoms with Gasteiger partial charge in [-0.25, -0.2) is 0 Å². The molecule has 17 heavy (non-hydrogen) atoms. The Bertz CT molecular complexity index is 206. The Morgan fingerprint density at radius 3 is 2.41 bits per heavy atom. The van der Waals surface area contributed by atoms with Crippen molar-refractivity contribution in [1.29, 1.82) is 0 Å². The molecule has 100 valence electrons. The largest absolute Gasteiger partial charge is 0.0822 e. The number of hydrogen-bond donors (Lipinski definition) is 0. The fourth-order valence-corrected chi connectivity index (χ4v) is 2.92. The summed E-state index contributed by atoms with van der Waals surface area (Å²) in [7, 11) is 0. The van der Waals surface area contributed by atoms with Gasteiger partial charge in [0.15, 0.2) is 0 Å². The van der Waals surface area contributed by atoms with E-state index in [9.17, 15) is 0 Å². The summed E-state index contributed by atoms with van der Waals surface area (Å²) in [5.41, 5.74) is 1.74. The molecule has 0 heterocycles. The molecule has 0 spiro atoms. The van der Waals surface area contributed by atoms with Crippen molar-refractivity contribution in [3.05, 3.63) is 11.6 Å². The molecule has 1 fully saturated rings. The summed E-state index contributed by atoms with van der Waals surface area (Å²) >= 11 is 0. The second-order valence-corrected chi connectivity index (χ2v) is 6.22. The van der Waals surface area contributed by atoms with Crippen LogP contribution in [0.1, 0.15) is 85.0 Å². The van der Waals surface area contributed by atoms with E-state index in [4.69, 9.17) is 0 Å². The zero-order valence-electron chi connectivity index (χ0n) is 12.3. The van der Waals surface area contributed by atoms with Gasteiger partial charge in [0.1, 0.15) is 0 Å². The number of unbranched alkanes of at least 4 members (excludes halogenated alkanes) is 2. The number of hydrogen-bond acceptors (Lipinski definition) is 0. The molecule has 1 rings (SSSR count). The summed E-state index contributed by atoms with van der Waals surface area (Å²) in [4.78, 5) is 0. The minimum atomic E-state index is 0.884. The number of rotatable bonds is 8. The normalized spacial score (nSPS) is 18.2. The quantitative estimate of drug-likeness (QED) is 0.352. The molecule has 0 saturated heterocycles. The van der Waals surface area contributed by atoms with Crippen molar-refractivity contribution in [1.82, 2.24) is 0 Å². The molecule has 1 aliphatic rings. The van der Waals surface area contributed by atoms with Crippen LogP contribution in [-0.4, -0.2) is 0 Å². The standard InChI is InChI=1S/C17H32/c1-4-16(14-17-12-8-9-13-17)11-7-5-6-10-15(2)3/h14-15,17H,4-13H2,1-3H3/b16-14+. The third-order valence-electron chi connectivity index (χ3n) is 4.10. The number of allylic oxidation sites excluding steroid dienone is 2. The molecule has 0 aromatic carbocycles. The summed E-state index contributed by atoms with van der Waals surface area (Å²) in [6.07, 6.45) is 16.8. The van der Waals surface area contributed by atoms with Crippen LogP contribution in [0.5, 0.6) is 0 Å². The SMILES string of the molecule is CC/C(=C\C1CCCC1)CCCCCC(C)C. The van der Waals surface area contributed by atoms with Gasteiger partial charge in [-0.2, -0.15) is 0 Å². The van der Waals surface area contributed by atoms with E-state index in [0.717, 1.165) is 11.8 Å². The second-order valence-electron chi connectivity index (χ2n) is 6.22. The zero-order chi connectivity index (χ0) is 12.5. The molecule has 0 N–H and O–H groups in total. The van der Waals surface area contributed by atoms with Crippen molar-refractivity contribution in [3.63, 3.8) is 0 Å². The second kappa shape index (κ2) is 8.78. The van der Waals surface area contributed by atoms with Gasteiger partial charge >= 0.3 is 0 Å². The van der Waals surface area contributed by atoms with E-state index < -0.39 is 0 Å². The topological polar surface area (TPSA) is 0 Å². The summed E-state index contributed by atoms with van der Waals surface area (Å²) in [6.45, 7) is 6.99. The van der Waals surface area contributed by atoms with E-state index in [2.05, 4.69) is 26.8 Å². The lowest BCUT2D eigenvalue weighted by Crippen LogP contribution is -1.92. The maximum absolute atomic E-state index is 2.62. The van der Waals surface area contributed by atoms with Crippen molar-refractivity contribution >= 4 is 0 Å². The molecule has 0 aromatic rings. The van der Waals surface area contributed by atoms with Gasteiger partial charge in [-0.1, -0.05) is 64.5 Å². The summed E-state index contributed by atoms with van der Waals surface area (Å²) in [6, 6.07) is 0. The van der Waals surface area contributed by atoms with Gasteiger partial charge in [0, 0.05) is 0 Å². The molecular weight excluding hydrogens is 204 g/mol. The Kier molecular flexibility index (Phi) is 7.64. The van der Waals surface area contributed by atoms with E-state index in [1.807, 2.05) is 0 Å². The Morgan fingerprint density at radius 2 is 1.82 bits per heavy atom. The van der Waals surface area contributed by atoms with Crippen molar-refractivity contribution < 1.29 is 0 Å². The summed E-state index contributed by atoms with van der Waals surface area (Å²) in [5.74, 6) is 1.82. The van der Waals surface area contributed by atoms with Crippen molar-refractivity contribution in [2.75, 3.05) is 0 Å². The maximum Gasteiger partial charge on any atom is -0.0231 e. The Morgan fingerprint density at radius 1 is 1.12 bits per heavy atom. The first-order valence-corrected chi connectivity index (χ1v) is 7.92. The fraction of sp³-hybridized carbons (Fsp3) is 0.882. The molecular formula is C17H32. The van der Waals surface area contributed by atoms with Gasteiger partial charge in [-0.3, -0.25) is 0 Å². The molecule has 0 heteroatoms. The molecule has 0 amide bonds. The summed E-state index contributed by atoms with van der Waals surface area (Å²) in [5, 5.41) is 0.